The standard InChI is InChI=1S/C6H12O3.H2O4S/c1-3-4-9-6(8)5(2)7;1-5(2,3)4/h5,7H,3-4H2,1-2H3;(H2,1,2,3,4). The van der Waals surface area contributed by atoms with Gasteiger partial charge in [-0.05, 0) is 13.3 Å². The van der Waals surface area contributed by atoms with E-state index in [2.05, 4.69) is 4.74 Å². The van der Waals surface area contributed by atoms with Crippen molar-refractivity contribution in [3.8, 4) is 0 Å². The number of carbonyl (C=O) groups excluding carboxylic acids is 1. The quantitative estimate of drug-likeness (QED) is 0.448. The van der Waals surface area contributed by atoms with Gasteiger partial charge in [0, 0.05) is 0 Å². The van der Waals surface area contributed by atoms with Crippen LogP contribution in [-0.4, -0.2) is 41.3 Å². The Morgan fingerprint density at radius 2 is 1.79 bits per heavy atom. The van der Waals surface area contributed by atoms with Gasteiger partial charge in [-0.1, -0.05) is 6.92 Å². The number of aliphatic hydroxyl groups is 1. The van der Waals surface area contributed by atoms with Crippen LogP contribution in [-0.2, 0) is 19.9 Å². The van der Waals surface area contributed by atoms with Gasteiger partial charge in [-0.25, -0.2) is 4.79 Å². The zero-order valence-electron chi connectivity index (χ0n) is 7.87. The highest BCUT2D eigenvalue weighted by Crippen LogP contribution is 1.87. The lowest BCUT2D eigenvalue weighted by Gasteiger charge is -2.03. The molecule has 3 N–H and O–H groups in total. The third-order valence-corrected chi connectivity index (χ3v) is 0.790. The van der Waals surface area contributed by atoms with Crippen molar-refractivity contribution in [3.63, 3.8) is 0 Å². The molecule has 0 rings (SSSR count). The fraction of sp³-hybridized carbons (Fsp3) is 0.833. The molecule has 0 bridgehead atoms. The van der Waals surface area contributed by atoms with Crippen molar-refractivity contribution in [2.75, 3.05) is 6.61 Å². The molecule has 0 aliphatic heterocycles. The Morgan fingerprint density at radius 3 is 2.00 bits per heavy atom. The molecule has 0 amide bonds. The van der Waals surface area contributed by atoms with Gasteiger partial charge in [0.15, 0.2) is 0 Å². The Kier molecular flexibility index (Phi) is 8.65. The monoisotopic (exact) mass is 230 g/mol. The molecule has 0 aliphatic rings. The maximum Gasteiger partial charge on any atom is 0.394 e. The zero-order chi connectivity index (χ0) is 11.8. The molecule has 0 heterocycles. The summed E-state index contributed by atoms with van der Waals surface area (Å²) in [7, 11) is -4.67. The second kappa shape index (κ2) is 7.68. The largest absolute Gasteiger partial charge is 0.464 e. The van der Waals surface area contributed by atoms with E-state index in [0.29, 0.717) is 6.61 Å². The maximum absolute atomic E-state index is 10.4. The Bertz CT molecular complexity index is 235. The number of esters is 1. The summed E-state index contributed by atoms with van der Waals surface area (Å²) in [6.07, 6.45) is -0.199. The molecule has 0 aromatic heterocycles. The number of hydrogen-bond acceptors (Lipinski definition) is 5. The Morgan fingerprint density at radius 1 is 1.43 bits per heavy atom. The minimum atomic E-state index is -4.67. The van der Waals surface area contributed by atoms with E-state index in [1.165, 1.54) is 6.92 Å². The van der Waals surface area contributed by atoms with Gasteiger partial charge < -0.3 is 9.84 Å². The van der Waals surface area contributed by atoms with E-state index in [-0.39, 0.29) is 0 Å². The first kappa shape index (κ1) is 15.8. The minimum absolute atomic E-state index is 0.393. The Hall–Kier alpha value is -0.700. The number of hydrogen-bond donors (Lipinski definition) is 3. The van der Waals surface area contributed by atoms with E-state index >= 15 is 0 Å². The molecule has 0 spiro atoms. The Labute approximate surface area is 82.3 Å². The van der Waals surface area contributed by atoms with Gasteiger partial charge in [0.05, 0.1) is 6.61 Å². The van der Waals surface area contributed by atoms with Crippen LogP contribution in [0.25, 0.3) is 0 Å². The van der Waals surface area contributed by atoms with Crippen LogP contribution in [0.5, 0.6) is 0 Å². The fourth-order valence-electron chi connectivity index (χ4n) is 0.323. The summed E-state index contributed by atoms with van der Waals surface area (Å²) >= 11 is 0. The van der Waals surface area contributed by atoms with Crippen LogP contribution < -0.4 is 0 Å². The predicted molar refractivity (Wildman–Crippen MR) is 47.1 cm³/mol. The van der Waals surface area contributed by atoms with Crippen LogP contribution in [0, 0.1) is 0 Å². The van der Waals surface area contributed by atoms with Crippen LogP contribution in [0.1, 0.15) is 20.3 Å². The second-order valence-electron chi connectivity index (χ2n) is 2.29. The molecular weight excluding hydrogens is 216 g/mol. The first-order valence-corrected chi connectivity index (χ1v) is 5.12. The van der Waals surface area contributed by atoms with Gasteiger partial charge in [0.2, 0.25) is 0 Å². The highest BCUT2D eigenvalue weighted by molar-refractivity contribution is 7.79. The molecule has 8 heteroatoms. The smallest absolute Gasteiger partial charge is 0.394 e. The fourth-order valence-corrected chi connectivity index (χ4v) is 0.323. The summed E-state index contributed by atoms with van der Waals surface area (Å²) in [6, 6.07) is 0. The Balaban J connectivity index is 0. The molecule has 0 aromatic carbocycles. The van der Waals surface area contributed by atoms with Crippen LogP contribution in [0.2, 0.25) is 0 Å². The second-order valence-corrected chi connectivity index (χ2v) is 3.19. The van der Waals surface area contributed by atoms with Gasteiger partial charge >= 0.3 is 16.4 Å². The first-order chi connectivity index (χ1) is 6.18. The van der Waals surface area contributed by atoms with Gasteiger partial charge in [-0.2, -0.15) is 8.42 Å². The van der Waals surface area contributed by atoms with E-state index in [4.69, 9.17) is 22.6 Å². The van der Waals surface area contributed by atoms with Crippen molar-refractivity contribution in [1.29, 1.82) is 0 Å². The molecule has 1 unspecified atom stereocenters. The van der Waals surface area contributed by atoms with E-state index in [0.717, 1.165) is 6.42 Å². The molecule has 0 aliphatic carbocycles. The summed E-state index contributed by atoms with van der Waals surface area (Å²) in [5.74, 6) is -0.545. The molecule has 86 valence electrons. The summed E-state index contributed by atoms with van der Waals surface area (Å²) in [4.78, 5) is 10.4. The van der Waals surface area contributed by atoms with Gasteiger partial charge in [-0.3, -0.25) is 9.11 Å². The van der Waals surface area contributed by atoms with Crippen LogP contribution in [0.15, 0.2) is 0 Å². The van der Waals surface area contributed by atoms with E-state index in [1.54, 1.807) is 0 Å². The number of aliphatic hydroxyl groups excluding tert-OH is 1. The van der Waals surface area contributed by atoms with Crippen molar-refractivity contribution in [2.24, 2.45) is 0 Å². The number of ether oxygens (including phenoxy) is 1. The summed E-state index contributed by atoms with van der Waals surface area (Å²) in [5, 5.41) is 8.57. The van der Waals surface area contributed by atoms with Crippen molar-refractivity contribution in [1.82, 2.24) is 0 Å². The molecule has 14 heavy (non-hydrogen) atoms. The summed E-state index contributed by atoms with van der Waals surface area (Å²) in [6.45, 7) is 3.68. The maximum atomic E-state index is 10.4. The molecule has 0 aromatic rings. The van der Waals surface area contributed by atoms with Crippen molar-refractivity contribution in [2.45, 2.75) is 26.4 Å². The molecule has 0 fully saturated rings. The van der Waals surface area contributed by atoms with Gasteiger partial charge in [0.25, 0.3) is 0 Å². The van der Waals surface area contributed by atoms with Gasteiger partial charge in [0.1, 0.15) is 6.10 Å². The molecule has 0 saturated heterocycles. The SMILES string of the molecule is CCCOC(=O)C(C)O.O=S(=O)(O)O. The lowest BCUT2D eigenvalue weighted by Crippen LogP contribution is -2.19. The minimum Gasteiger partial charge on any atom is -0.464 e. The normalized spacial score (nSPS) is 12.4. The average molecular weight is 230 g/mol. The van der Waals surface area contributed by atoms with Crippen molar-refractivity contribution < 1.29 is 32.2 Å². The third kappa shape index (κ3) is 22.5. The third-order valence-electron chi connectivity index (χ3n) is 0.790. The van der Waals surface area contributed by atoms with E-state index in [1.807, 2.05) is 6.92 Å². The van der Waals surface area contributed by atoms with Crippen LogP contribution >= 0.6 is 0 Å². The lowest BCUT2D eigenvalue weighted by atomic mass is 10.4. The highest BCUT2D eigenvalue weighted by Gasteiger charge is 2.07. The number of rotatable bonds is 3. The van der Waals surface area contributed by atoms with Crippen molar-refractivity contribution in [3.05, 3.63) is 0 Å². The predicted octanol–water partition coefficient (Wildman–Crippen LogP) is -0.332. The summed E-state index contributed by atoms with van der Waals surface area (Å²) in [5.41, 5.74) is 0. The lowest BCUT2D eigenvalue weighted by molar-refractivity contribution is -0.152. The molecular formula is C6H14O7S. The highest BCUT2D eigenvalue weighted by atomic mass is 32.3. The average Bonchev–Trinajstić information content (AvgIpc) is 1.96. The molecule has 0 radical (unpaired) electrons. The molecule has 7 nitrogen and oxygen atoms in total. The van der Waals surface area contributed by atoms with E-state index < -0.39 is 22.5 Å². The molecule has 1 atom stereocenters. The molecule has 0 saturated carbocycles. The number of carbonyl (C=O) groups is 1. The zero-order valence-corrected chi connectivity index (χ0v) is 8.69. The van der Waals surface area contributed by atoms with Crippen LogP contribution in [0.4, 0.5) is 0 Å². The van der Waals surface area contributed by atoms with Crippen LogP contribution in [0.3, 0.4) is 0 Å². The van der Waals surface area contributed by atoms with E-state index in [9.17, 15) is 4.79 Å². The van der Waals surface area contributed by atoms with Gasteiger partial charge in [-0.15, -0.1) is 0 Å². The first-order valence-electron chi connectivity index (χ1n) is 3.73. The summed E-state index contributed by atoms with van der Waals surface area (Å²) < 4.78 is 36.1. The topological polar surface area (TPSA) is 121 Å². The van der Waals surface area contributed by atoms with Crippen molar-refractivity contribution >= 4 is 16.4 Å².